The van der Waals surface area contributed by atoms with Crippen LogP contribution in [0.15, 0.2) is 0 Å². The van der Waals surface area contributed by atoms with Crippen molar-refractivity contribution in [3.8, 4) is 0 Å². The molecule has 0 saturated carbocycles. The zero-order valence-electron chi connectivity index (χ0n) is 11.5. The van der Waals surface area contributed by atoms with Gasteiger partial charge in [0, 0.05) is 19.7 Å². The Morgan fingerprint density at radius 2 is 2.06 bits per heavy atom. The Morgan fingerprint density at radius 1 is 1.22 bits per heavy atom. The van der Waals surface area contributed by atoms with Crippen LogP contribution < -0.4 is 5.32 Å². The third-order valence-electron chi connectivity index (χ3n) is 3.87. The molecule has 0 aromatic rings. The number of carbonyl (C=O) groups is 1. The average molecular weight is 254 g/mol. The van der Waals surface area contributed by atoms with E-state index in [0.29, 0.717) is 0 Å². The molecule has 2 fully saturated rings. The Hall–Kier alpha value is -0.610. The lowest BCUT2D eigenvalue weighted by molar-refractivity contribution is -0.134. The summed E-state index contributed by atoms with van der Waals surface area (Å²) in [6.07, 6.45) is 7.05. The molecule has 2 heterocycles. The lowest BCUT2D eigenvalue weighted by atomic mass is 10.0. The third kappa shape index (κ3) is 3.95. The minimum Gasteiger partial charge on any atom is -0.377 e. The highest BCUT2D eigenvalue weighted by molar-refractivity contribution is 5.82. The molecule has 2 unspecified atom stereocenters. The van der Waals surface area contributed by atoms with Crippen LogP contribution in [0.25, 0.3) is 0 Å². The Labute approximate surface area is 110 Å². The second-order valence-electron chi connectivity index (χ2n) is 5.53. The monoisotopic (exact) mass is 254 g/mol. The van der Waals surface area contributed by atoms with Gasteiger partial charge in [-0.15, -0.1) is 0 Å². The number of nitrogens with one attached hydrogen (secondary N) is 1. The summed E-state index contributed by atoms with van der Waals surface area (Å²) in [5.74, 6) is 0.286. The van der Waals surface area contributed by atoms with Crippen LogP contribution in [0.5, 0.6) is 0 Å². The summed E-state index contributed by atoms with van der Waals surface area (Å²) < 4.78 is 5.60. The largest absolute Gasteiger partial charge is 0.377 e. The van der Waals surface area contributed by atoms with Gasteiger partial charge in [-0.3, -0.25) is 4.79 Å². The van der Waals surface area contributed by atoms with E-state index in [1.54, 1.807) is 0 Å². The Kier molecular flexibility index (Phi) is 5.45. The second kappa shape index (κ2) is 7.10. The summed E-state index contributed by atoms with van der Waals surface area (Å²) in [6.45, 7) is 5.41. The quantitative estimate of drug-likeness (QED) is 0.772. The Balaban J connectivity index is 1.90. The number of carbonyl (C=O) groups excluding carboxylic acids is 1. The van der Waals surface area contributed by atoms with Gasteiger partial charge in [0.05, 0.1) is 12.1 Å². The predicted molar refractivity (Wildman–Crippen MR) is 71.5 cm³/mol. The van der Waals surface area contributed by atoms with E-state index in [4.69, 9.17) is 4.74 Å². The SMILES string of the molecule is CC1CN(C(=O)C2CCCCCCN2)CCCO1. The highest BCUT2D eigenvalue weighted by atomic mass is 16.5. The van der Waals surface area contributed by atoms with E-state index >= 15 is 0 Å². The molecule has 0 aromatic heterocycles. The minimum atomic E-state index is 0.0376. The van der Waals surface area contributed by atoms with Crippen molar-refractivity contribution >= 4 is 5.91 Å². The first-order valence-corrected chi connectivity index (χ1v) is 7.41. The number of hydrogen-bond acceptors (Lipinski definition) is 3. The maximum atomic E-state index is 12.5. The van der Waals surface area contributed by atoms with Crippen LogP contribution >= 0.6 is 0 Å². The first-order valence-electron chi connectivity index (χ1n) is 7.41. The summed E-state index contributed by atoms with van der Waals surface area (Å²) in [4.78, 5) is 14.5. The van der Waals surface area contributed by atoms with Gasteiger partial charge in [-0.1, -0.05) is 19.3 Å². The number of nitrogens with zero attached hydrogens (tertiary/aromatic N) is 1. The van der Waals surface area contributed by atoms with Gasteiger partial charge in [0.2, 0.25) is 5.91 Å². The predicted octanol–water partition coefficient (Wildman–Crippen LogP) is 1.55. The zero-order valence-corrected chi connectivity index (χ0v) is 11.5. The molecule has 1 N–H and O–H groups in total. The first-order chi connectivity index (χ1) is 8.77. The molecule has 0 aromatic carbocycles. The topological polar surface area (TPSA) is 41.6 Å². The lowest BCUT2D eigenvalue weighted by Gasteiger charge is -2.28. The molecule has 2 aliphatic rings. The molecule has 18 heavy (non-hydrogen) atoms. The van der Waals surface area contributed by atoms with Crippen LogP contribution in [-0.4, -0.2) is 49.2 Å². The highest BCUT2D eigenvalue weighted by Gasteiger charge is 2.26. The van der Waals surface area contributed by atoms with Crippen molar-refractivity contribution in [1.82, 2.24) is 10.2 Å². The average Bonchev–Trinajstić information content (AvgIpc) is 2.53. The number of rotatable bonds is 1. The summed E-state index contributed by atoms with van der Waals surface area (Å²) in [7, 11) is 0. The van der Waals surface area contributed by atoms with Crippen molar-refractivity contribution in [1.29, 1.82) is 0 Å². The standard InChI is InChI=1S/C14H26N2O2/c1-12-11-16(9-6-10-18-12)14(17)13-7-4-2-3-5-8-15-13/h12-13,15H,2-11H2,1H3. The molecule has 104 valence electrons. The lowest BCUT2D eigenvalue weighted by Crippen LogP contribution is -2.48. The van der Waals surface area contributed by atoms with Crippen molar-refractivity contribution in [2.45, 2.75) is 57.6 Å². The van der Waals surface area contributed by atoms with Crippen LogP contribution in [0.3, 0.4) is 0 Å². The van der Waals surface area contributed by atoms with Crippen molar-refractivity contribution in [3.05, 3.63) is 0 Å². The maximum Gasteiger partial charge on any atom is 0.239 e. The van der Waals surface area contributed by atoms with Gasteiger partial charge in [0.1, 0.15) is 0 Å². The van der Waals surface area contributed by atoms with Gasteiger partial charge in [0.25, 0.3) is 0 Å². The van der Waals surface area contributed by atoms with Crippen molar-refractivity contribution in [3.63, 3.8) is 0 Å². The molecule has 0 aliphatic carbocycles. The summed E-state index contributed by atoms with van der Waals surface area (Å²) >= 11 is 0. The molecule has 0 bridgehead atoms. The maximum absolute atomic E-state index is 12.5. The number of amides is 1. The summed E-state index contributed by atoms with van der Waals surface area (Å²) in [5.41, 5.74) is 0. The molecular weight excluding hydrogens is 228 g/mol. The van der Waals surface area contributed by atoms with Gasteiger partial charge >= 0.3 is 0 Å². The van der Waals surface area contributed by atoms with Crippen LogP contribution in [0, 0.1) is 0 Å². The highest BCUT2D eigenvalue weighted by Crippen LogP contribution is 2.13. The Morgan fingerprint density at radius 3 is 2.94 bits per heavy atom. The Bertz CT molecular complexity index is 263. The van der Waals surface area contributed by atoms with Crippen molar-refractivity contribution < 1.29 is 9.53 Å². The van der Waals surface area contributed by atoms with Crippen LogP contribution in [-0.2, 0) is 9.53 Å². The van der Waals surface area contributed by atoms with Crippen LogP contribution in [0.4, 0.5) is 0 Å². The van der Waals surface area contributed by atoms with Crippen LogP contribution in [0.2, 0.25) is 0 Å². The smallest absolute Gasteiger partial charge is 0.239 e. The van der Waals surface area contributed by atoms with Crippen LogP contribution in [0.1, 0.15) is 45.4 Å². The summed E-state index contributed by atoms with van der Waals surface area (Å²) in [6, 6.07) is 0.0376. The van der Waals surface area contributed by atoms with Gasteiger partial charge in [-0.25, -0.2) is 0 Å². The second-order valence-corrected chi connectivity index (χ2v) is 5.53. The van der Waals surface area contributed by atoms with Crippen molar-refractivity contribution in [2.24, 2.45) is 0 Å². The molecule has 0 radical (unpaired) electrons. The van der Waals surface area contributed by atoms with E-state index in [1.807, 2.05) is 4.90 Å². The molecule has 0 spiro atoms. The fraction of sp³-hybridized carbons (Fsp3) is 0.929. The molecule has 2 aliphatic heterocycles. The van der Waals surface area contributed by atoms with Crippen molar-refractivity contribution in [2.75, 3.05) is 26.2 Å². The van der Waals surface area contributed by atoms with E-state index in [0.717, 1.165) is 39.1 Å². The molecule has 4 nitrogen and oxygen atoms in total. The van der Waals surface area contributed by atoms with Gasteiger partial charge in [0.15, 0.2) is 0 Å². The fourth-order valence-corrected chi connectivity index (χ4v) is 2.83. The van der Waals surface area contributed by atoms with E-state index in [-0.39, 0.29) is 18.1 Å². The van der Waals surface area contributed by atoms with E-state index in [9.17, 15) is 4.79 Å². The van der Waals surface area contributed by atoms with E-state index < -0.39 is 0 Å². The zero-order chi connectivity index (χ0) is 12.8. The molecule has 1 amide bonds. The molecule has 2 saturated heterocycles. The third-order valence-corrected chi connectivity index (χ3v) is 3.87. The molecule has 2 atom stereocenters. The van der Waals surface area contributed by atoms with Gasteiger partial charge in [-0.2, -0.15) is 0 Å². The number of hydrogen-bond donors (Lipinski definition) is 1. The minimum absolute atomic E-state index is 0.0376. The normalized spacial score (nSPS) is 31.3. The first kappa shape index (κ1) is 13.8. The molecule has 2 rings (SSSR count). The van der Waals surface area contributed by atoms with Gasteiger partial charge < -0.3 is 15.0 Å². The number of ether oxygens (including phenoxy) is 1. The summed E-state index contributed by atoms with van der Waals surface area (Å²) in [5, 5.41) is 3.42. The van der Waals surface area contributed by atoms with Gasteiger partial charge in [-0.05, 0) is 32.7 Å². The molecule has 4 heteroatoms. The van der Waals surface area contributed by atoms with E-state index in [1.165, 1.54) is 25.7 Å². The van der Waals surface area contributed by atoms with E-state index in [2.05, 4.69) is 12.2 Å². The fourth-order valence-electron chi connectivity index (χ4n) is 2.83. The molecular formula is C14H26N2O2.